The predicted octanol–water partition coefficient (Wildman–Crippen LogP) is 5.28. The molecule has 0 fully saturated rings. The van der Waals surface area contributed by atoms with E-state index in [-0.39, 0.29) is 34.5 Å². The van der Waals surface area contributed by atoms with E-state index < -0.39 is 21.7 Å². The summed E-state index contributed by atoms with van der Waals surface area (Å²) in [5.41, 5.74) is 2.68. The lowest BCUT2D eigenvalue weighted by atomic mass is 10.1. The van der Waals surface area contributed by atoms with Crippen LogP contribution in [0.5, 0.6) is 0 Å². The van der Waals surface area contributed by atoms with Crippen molar-refractivity contribution in [2.45, 2.75) is 13.2 Å². The van der Waals surface area contributed by atoms with Gasteiger partial charge in [-0.15, -0.1) is 0 Å². The Labute approximate surface area is 218 Å². The number of halogens is 2. The average molecular weight is 541 g/mol. The molecule has 1 aromatic heterocycles. The van der Waals surface area contributed by atoms with Gasteiger partial charge in [0.25, 0.3) is 5.91 Å². The van der Waals surface area contributed by atoms with Crippen LogP contribution in [-0.2, 0) is 28.0 Å². The minimum atomic E-state index is -3.62. The largest absolute Gasteiger partial charge is 0.372 e. The molecule has 0 aliphatic carbocycles. The van der Waals surface area contributed by atoms with Crippen molar-refractivity contribution in [3.63, 3.8) is 0 Å². The first-order chi connectivity index (χ1) is 17.7. The molecule has 190 valence electrons. The van der Waals surface area contributed by atoms with Crippen molar-refractivity contribution in [3.05, 3.63) is 107 Å². The molecule has 0 saturated carbocycles. The zero-order valence-electron chi connectivity index (χ0n) is 19.6. The maximum absolute atomic E-state index is 14.7. The van der Waals surface area contributed by atoms with Crippen LogP contribution in [-0.4, -0.2) is 30.5 Å². The maximum Gasteiger partial charge on any atom is 0.255 e. The van der Waals surface area contributed by atoms with E-state index in [2.05, 4.69) is 20.0 Å². The lowest BCUT2D eigenvalue weighted by Crippen LogP contribution is -2.13. The second-order valence-corrected chi connectivity index (χ2v) is 10.2. The molecule has 37 heavy (non-hydrogen) atoms. The Morgan fingerprint density at radius 1 is 1.00 bits per heavy atom. The van der Waals surface area contributed by atoms with Crippen LogP contribution in [0, 0.1) is 5.82 Å². The van der Waals surface area contributed by atoms with Crippen LogP contribution in [0.2, 0.25) is 5.15 Å². The number of nitrogens with zero attached hydrogens (tertiary/aromatic N) is 2. The molecular formula is C26H22ClFN4O4S. The highest BCUT2D eigenvalue weighted by atomic mass is 35.5. The molecule has 0 atom stereocenters. The van der Waals surface area contributed by atoms with Crippen molar-refractivity contribution in [1.82, 2.24) is 9.97 Å². The normalized spacial score (nSPS) is 11.2. The maximum atomic E-state index is 14.7. The Bertz CT molecular complexity index is 1540. The fourth-order valence-corrected chi connectivity index (χ4v) is 4.07. The summed E-state index contributed by atoms with van der Waals surface area (Å²) in [6, 6.07) is 20.5. The van der Waals surface area contributed by atoms with Crippen LogP contribution < -0.4 is 10.0 Å². The molecular weight excluding hydrogens is 519 g/mol. The van der Waals surface area contributed by atoms with E-state index >= 15 is 0 Å². The number of rotatable bonds is 9. The molecule has 4 aromatic rings. The molecule has 0 aliphatic heterocycles. The number of benzene rings is 3. The minimum Gasteiger partial charge on any atom is -0.372 e. The molecule has 0 saturated heterocycles. The van der Waals surface area contributed by atoms with E-state index in [9.17, 15) is 17.6 Å². The summed E-state index contributed by atoms with van der Waals surface area (Å²) >= 11 is 5.94. The number of nitrogens with one attached hydrogen (secondary N) is 2. The molecule has 0 bridgehead atoms. The van der Waals surface area contributed by atoms with Crippen molar-refractivity contribution < 1.29 is 22.3 Å². The Hall–Kier alpha value is -3.86. The lowest BCUT2D eigenvalue weighted by molar-refractivity contribution is 0.102. The van der Waals surface area contributed by atoms with E-state index in [4.69, 9.17) is 16.3 Å². The summed E-state index contributed by atoms with van der Waals surface area (Å²) in [6.07, 6.45) is 2.32. The van der Waals surface area contributed by atoms with Gasteiger partial charge < -0.3 is 10.1 Å². The second-order valence-electron chi connectivity index (χ2n) is 8.10. The van der Waals surface area contributed by atoms with Gasteiger partial charge in [0.1, 0.15) is 5.82 Å². The van der Waals surface area contributed by atoms with Crippen LogP contribution in [0.25, 0.3) is 11.3 Å². The quantitative estimate of drug-likeness (QED) is 0.299. The van der Waals surface area contributed by atoms with Crippen LogP contribution in [0.15, 0.2) is 79.0 Å². The first kappa shape index (κ1) is 26.2. The van der Waals surface area contributed by atoms with Gasteiger partial charge in [0, 0.05) is 11.1 Å². The third-order valence-electron chi connectivity index (χ3n) is 5.09. The standard InChI is InChI=1S/C26H22ClFN4O4S/c1-37(34,35)32-25-24(27)29-14-23(30-25)19-8-5-9-20(13-19)26(33)31-22-11-10-18(12-21(22)28)16-36-15-17-6-3-2-4-7-17/h2-14H,15-16H2,1H3,(H,30,32)(H,31,33). The zero-order valence-corrected chi connectivity index (χ0v) is 21.2. The Balaban J connectivity index is 1.44. The fourth-order valence-electron chi connectivity index (χ4n) is 3.38. The third kappa shape index (κ3) is 7.32. The van der Waals surface area contributed by atoms with E-state index in [1.165, 1.54) is 24.4 Å². The van der Waals surface area contributed by atoms with Gasteiger partial charge >= 0.3 is 0 Å². The van der Waals surface area contributed by atoms with Crippen molar-refractivity contribution in [1.29, 1.82) is 0 Å². The van der Waals surface area contributed by atoms with Crippen LogP contribution in [0.1, 0.15) is 21.5 Å². The number of sulfonamides is 1. The van der Waals surface area contributed by atoms with Crippen molar-refractivity contribution in [2.75, 3.05) is 16.3 Å². The van der Waals surface area contributed by atoms with Gasteiger partial charge in [0.05, 0.1) is 37.0 Å². The van der Waals surface area contributed by atoms with Gasteiger partial charge in [0.15, 0.2) is 11.0 Å². The highest BCUT2D eigenvalue weighted by molar-refractivity contribution is 7.92. The predicted molar refractivity (Wildman–Crippen MR) is 140 cm³/mol. The van der Waals surface area contributed by atoms with E-state index in [1.807, 2.05) is 30.3 Å². The van der Waals surface area contributed by atoms with Crippen molar-refractivity contribution >= 4 is 39.0 Å². The van der Waals surface area contributed by atoms with Gasteiger partial charge in [0.2, 0.25) is 10.0 Å². The van der Waals surface area contributed by atoms with E-state index in [1.54, 1.807) is 24.3 Å². The van der Waals surface area contributed by atoms with Gasteiger partial charge in [-0.1, -0.05) is 60.1 Å². The van der Waals surface area contributed by atoms with Gasteiger partial charge in [-0.05, 0) is 35.4 Å². The molecule has 0 radical (unpaired) electrons. The zero-order chi connectivity index (χ0) is 26.4. The molecule has 1 heterocycles. The molecule has 8 nitrogen and oxygen atoms in total. The van der Waals surface area contributed by atoms with Crippen LogP contribution >= 0.6 is 11.6 Å². The number of aromatic nitrogens is 2. The van der Waals surface area contributed by atoms with Crippen LogP contribution in [0.4, 0.5) is 15.9 Å². The smallest absolute Gasteiger partial charge is 0.255 e. The van der Waals surface area contributed by atoms with Gasteiger partial charge in [-0.3, -0.25) is 9.52 Å². The summed E-state index contributed by atoms with van der Waals surface area (Å²) in [5, 5.41) is 2.44. The summed E-state index contributed by atoms with van der Waals surface area (Å²) in [6.45, 7) is 0.626. The van der Waals surface area contributed by atoms with Crippen molar-refractivity contribution in [3.8, 4) is 11.3 Å². The number of hydrogen-bond acceptors (Lipinski definition) is 6. The summed E-state index contributed by atoms with van der Waals surface area (Å²) in [4.78, 5) is 21.0. The summed E-state index contributed by atoms with van der Waals surface area (Å²) in [7, 11) is -3.62. The molecule has 1 amide bonds. The highest BCUT2D eigenvalue weighted by Gasteiger charge is 2.14. The fraction of sp³-hybridized carbons (Fsp3) is 0.115. The van der Waals surface area contributed by atoms with Gasteiger partial charge in [-0.2, -0.15) is 0 Å². The topological polar surface area (TPSA) is 110 Å². The number of carbonyl (C=O) groups is 1. The molecule has 0 unspecified atom stereocenters. The molecule has 2 N–H and O–H groups in total. The Morgan fingerprint density at radius 2 is 1.76 bits per heavy atom. The first-order valence-electron chi connectivity index (χ1n) is 11.0. The number of amides is 1. The minimum absolute atomic E-state index is 0.0214. The van der Waals surface area contributed by atoms with E-state index in [0.29, 0.717) is 17.7 Å². The van der Waals surface area contributed by atoms with Gasteiger partial charge in [-0.25, -0.2) is 22.8 Å². The molecule has 0 aliphatic rings. The monoisotopic (exact) mass is 540 g/mol. The number of carbonyl (C=O) groups excluding carboxylic acids is 1. The molecule has 3 aromatic carbocycles. The Morgan fingerprint density at radius 3 is 2.49 bits per heavy atom. The third-order valence-corrected chi connectivity index (χ3v) is 5.93. The summed E-state index contributed by atoms with van der Waals surface area (Å²) in [5.74, 6) is -1.26. The molecule has 0 spiro atoms. The second kappa shape index (κ2) is 11.5. The lowest BCUT2D eigenvalue weighted by Gasteiger charge is -2.10. The average Bonchev–Trinajstić information content (AvgIpc) is 2.87. The number of hydrogen-bond donors (Lipinski definition) is 2. The first-order valence-corrected chi connectivity index (χ1v) is 13.3. The Kier molecular flexibility index (Phi) is 8.12. The highest BCUT2D eigenvalue weighted by Crippen LogP contribution is 2.25. The molecule has 4 rings (SSSR count). The van der Waals surface area contributed by atoms with E-state index in [0.717, 1.165) is 11.8 Å². The molecule has 11 heteroatoms. The van der Waals surface area contributed by atoms with Crippen molar-refractivity contribution in [2.24, 2.45) is 0 Å². The number of anilines is 2. The van der Waals surface area contributed by atoms with Crippen LogP contribution in [0.3, 0.4) is 0 Å². The SMILES string of the molecule is CS(=O)(=O)Nc1nc(-c2cccc(C(=O)Nc3ccc(COCc4ccccc4)cc3F)c2)cnc1Cl. The summed E-state index contributed by atoms with van der Waals surface area (Å²) < 4.78 is 45.6. The number of ether oxygens (including phenoxy) is 1.